The number of halogens is 3. The Kier molecular flexibility index (Phi) is 4.49. The molecule has 2 aromatic rings. The zero-order chi connectivity index (χ0) is 17.3. The van der Waals surface area contributed by atoms with Gasteiger partial charge in [-0.3, -0.25) is 4.79 Å². The summed E-state index contributed by atoms with van der Waals surface area (Å²) in [4.78, 5) is 17.1. The smallest absolute Gasteiger partial charge is 0.350 e. The summed E-state index contributed by atoms with van der Waals surface area (Å²) in [5.74, 6) is -0.112. The number of anilines is 1. The molecule has 2 heterocycles. The molecule has 1 amide bonds. The molecule has 8 heteroatoms. The maximum absolute atomic E-state index is 12.6. The van der Waals surface area contributed by atoms with Gasteiger partial charge in [-0.1, -0.05) is 41.2 Å². The molecule has 1 atom stereocenters. The standard InChI is InChI=1S/C16H16F3N3OS/c1-10-2-4-11(5-3-10)9-22-7-6-12(14(22)23)21-15-20-8-13(24-15)16(17,18)19/h2-5,8,12H,6-7,9H2,1H3,(H,20,21). The minimum absolute atomic E-state index is 0.112. The Labute approximate surface area is 141 Å². The van der Waals surface area contributed by atoms with Crippen LogP contribution in [-0.2, 0) is 17.5 Å². The lowest BCUT2D eigenvalue weighted by atomic mass is 10.1. The Morgan fingerprint density at radius 1 is 1.33 bits per heavy atom. The zero-order valence-corrected chi connectivity index (χ0v) is 13.7. The van der Waals surface area contributed by atoms with Crippen molar-refractivity contribution in [3.8, 4) is 0 Å². The van der Waals surface area contributed by atoms with E-state index in [1.54, 1.807) is 4.90 Å². The second-order valence-corrected chi connectivity index (χ2v) is 6.79. The number of rotatable bonds is 4. The molecule has 3 rings (SSSR count). The van der Waals surface area contributed by atoms with Gasteiger partial charge in [-0.25, -0.2) is 4.98 Å². The number of alkyl halides is 3. The maximum Gasteiger partial charge on any atom is 0.427 e. The van der Waals surface area contributed by atoms with Crippen molar-refractivity contribution in [2.75, 3.05) is 11.9 Å². The number of nitrogens with zero attached hydrogens (tertiary/aromatic N) is 2. The van der Waals surface area contributed by atoms with Crippen LogP contribution in [0.4, 0.5) is 18.3 Å². The lowest BCUT2D eigenvalue weighted by molar-refractivity contribution is -0.134. The Morgan fingerprint density at radius 3 is 2.67 bits per heavy atom. The number of nitrogens with one attached hydrogen (secondary N) is 1. The van der Waals surface area contributed by atoms with E-state index in [0.717, 1.165) is 17.3 Å². The number of benzene rings is 1. The molecule has 1 fully saturated rings. The van der Waals surface area contributed by atoms with Crippen LogP contribution >= 0.6 is 11.3 Å². The number of hydrogen-bond acceptors (Lipinski definition) is 4. The van der Waals surface area contributed by atoms with Crippen molar-refractivity contribution in [3.63, 3.8) is 0 Å². The Bertz CT molecular complexity index is 727. The molecule has 0 saturated carbocycles. The molecule has 1 unspecified atom stereocenters. The van der Waals surface area contributed by atoms with Gasteiger partial charge in [-0.2, -0.15) is 13.2 Å². The SMILES string of the molecule is Cc1ccc(CN2CCC(Nc3ncc(C(F)(F)F)s3)C2=O)cc1. The van der Waals surface area contributed by atoms with E-state index in [1.165, 1.54) is 0 Å². The van der Waals surface area contributed by atoms with E-state index >= 15 is 0 Å². The molecule has 1 aromatic heterocycles. The number of likely N-dealkylation sites (tertiary alicyclic amines) is 1. The first kappa shape index (κ1) is 16.8. The monoisotopic (exact) mass is 355 g/mol. The molecule has 128 valence electrons. The summed E-state index contributed by atoms with van der Waals surface area (Å²) < 4.78 is 37.8. The Balaban J connectivity index is 1.61. The van der Waals surface area contributed by atoms with Crippen molar-refractivity contribution in [3.05, 3.63) is 46.5 Å². The highest BCUT2D eigenvalue weighted by Crippen LogP contribution is 2.35. The van der Waals surface area contributed by atoms with Gasteiger partial charge in [0.1, 0.15) is 10.9 Å². The molecule has 0 bridgehead atoms. The number of amides is 1. The van der Waals surface area contributed by atoms with E-state index in [-0.39, 0.29) is 11.0 Å². The third kappa shape index (κ3) is 3.69. The van der Waals surface area contributed by atoms with E-state index in [2.05, 4.69) is 10.3 Å². The molecular weight excluding hydrogens is 339 g/mol. The minimum atomic E-state index is -4.41. The third-order valence-corrected chi connectivity index (χ3v) is 4.85. The van der Waals surface area contributed by atoms with Crippen molar-refractivity contribution in [2.24, 2.45) is 0 Å². The number of carbonyl (C=O) groups is 1. The van der Waals surface area contributed by atoms with Crippen molar-refractivity contribution in [1.82, 2.24) is 9.88 Å². The van der Waals surface area contributed by atoms with Gasteiger partial charge in [0, 0.05) is 13.1 Å². The summed E-state index contributed by atoms with van der Waals surface area (Å²) in [6.45, 7) is 3.07. The van der Waals surface area contributed by atoms with Gasteiger partial charge in [0.2, 0.25) is 5.91 Å². The van der Waals surface area contributed by atoms with Gasteiger partial charge < -0.3 is 10.2 Å². The average Bonchev–Trinajstić information content (AvgIpc) is 3.11. The first-order chi connectivity index (χ1) is 11.3. The summed E-state index contributed by atoms with van der Waals surface area (Å²) in [6, 6.07) is 7.39. The Morgan fingerprint density at radius 2 is 2.04 bits per heavy atom. The van der Waals surface area contributed by atoms with Crippen molar-refractivity contribution >= 4 is 22.4 Å². The summed E-state index contributed by atoms with van der Waals surface area (Å²) in [6.07, 6.45) is -3.07. The average molecular weight is 355 g/mol. The van der Waals surface area contributed by atoms with E-state index in [9.17, 15) is 18.0 Å². The summed E-state index contributed by atoms with van der Waals surface area (Å²) in [7, 11) is 0. The van der Waals surface area contributed by atoms with Crippen molar-refractivity contribution < 1.29 is 18.0 Å². The van der Waals surface area contributed by atoms with Gasteiger partial charge in [-0.05, 0) is 18.9 Å². The zero-order valence-electron chi connectivity index (χ0n) is 12.9. The van der Waals surface area contributed by atoms with E-state index in [0.29, 0.717) is 30.8 Å². The van der Waals surface area contributed by atoms with Gasteiger partial charge in [0.15, 0.2) is 5.13 Å². The van der Waals surface area contributed by atoms with Crippen molar-refractivity contribution in [2.45, 2.75) is 32.1 Å². The number of hydrogen-bond donors (Lipinski definition) is 1. The Hall–Kier alpha value is -2.09. The normalized spacial score (nSPS) is 18.2. The highest BCUT2D eigenvalue weighted by Gasteiger charge is 2.35. The molecule has 0 radical (unpaired) electrons. The second-order valence-electron chi connectivity index (χ2n) is 5.76. The molecule has 24 heavy (non-hydrogen) atoms. The molecule has 1 aliphatic heterocycles. The van der Waals surface area contributed by atoms with Gasteiger partial charge in [0.05, 0.1) is 6.20 Å². The van der Waals surface area contributed by atoms with Crippen LogP contribution in [0.15, 0.2) is 30.5 Å². The van der Waals surface area contributed by atoms with Gasteiger partial charge in [0.25, 0.3) is 0 Å². The van der Waals surface area contributed by atoms with Crippen molar-refractivity contribution in [1.29, 1.82) is 0 Å². The predicted molar refractivity (Wildman–Crippen MR) is 85.7 cm³/mol. The highest BCUT2D eigenvalue weighted by molar-refractivity contribution is 7.15. The van der Waals surface area contributed by atoms with Crippen LogP contribution in [0.5, 0.6) is 0 Å². The van der Waals surface area contributed by atoms with Gasteiger partial charge >= 0.3 is 6.18 Å². The fourth-order valence-corrected chi connectivity index (χ4v) is 3.30. The molecule has 1 saturated heterocycles. The van der Waals surface area contributed by atoms with Crippen LogP contribution in [-0.4, -0.2) is 28.4 Å². The van der Waals surface area contributed by atoms with Crippen LogP contribution in [0.25, 0.3) is 0 Å². The largest absolute Gasteiger partial charge is 0.427 e. The molecule has 4 nitrogen and oxygen atoms in total. The first-order valence-corrected chi connectivity index (χ1v) is 8.28. The van der Waals surface area contributed by atoms with E-state index < -0.39 is 17.1 Å². The second kappa shape index (κ2) is 6.43. The third-order valence-electron chi connectivity index (χ3n) is 3.87. The fourth-order valence-electron chi connectivity index (χ4n) is 2.56. The number of aryl methyl sites for hydroxylation is 1. The van der Waals surface area contributed by atoms with Crippen LogP contribution in [0, 0.1) is 6.92 Å². The number of thiazole rings is 1. The van der Waals surface area contributed by atoms with Crippen LogP contribution < -0.4 is 5.32 Å². The van der Waals surface area contributed by atoms with Crippen LogP contribution in [0.3, 0.4) is 0 Å². The summed E-state index contributed by atoms with van der Waals surface area (Å²) in [5.41, 5.74) is 2.18. The maximum atomic E-state index is 12.6. The lowest BCUT2D eigenvalue weighted by Crippen LogP contribution is -2.33. The number of carbonyl (C=O) groups excluding carboxylic acids is 1. The predicted octanol–water partition coefficient (Wildman–Crippen LogP) is 3.68. The minimum Gasteiger partial charge on any atom is -0.350 e. The quantitative estimate of drug-likeness (QED) is 0.910. The van der Waals surface area contributed by atoms with E-state index in [1.807, 2.05) is 31.2 Å². The van der Waals surface area contributed by atoms with Crippen LogP contribution in [0.1, 0.15) is 22.4 Å². The van der Waals surface area contributed by atoms with Crippen LogP contribution in [0.2, 0.25) is 0 Å². The number of aromatic nitrogens is 1. The molecule has 1 aliphatic rings. The highest BCUT2D eigenvalue weighted by atomic mass is 32.1. The topological polar surface area (TPSA) is 45.2 Å². The molecule has 1 N–H and O–H groups in total. The molecule has 0 spiro atoms. The lowest BCUT2D eigenvalue weighted by Gasteiger charge is -2.17. The fraction of sp³-hybridized carbons (Fsp3) is 0.375. The van der Waals surface area contributed by atoms with E-state index in [4.69, 9.17) is 0 Å². The summed E-state index contributed by atoms with van der Waals surface area (Å²) in [5, 5.41) is 2.95. The van der Waals surface area contributed by atoms with Gasteiger partial charge in [-0.15, -0.1) is 0 Å². The molecule has 0 aliphatic carbocycles. The molecule has 1 aromatic carbocycles. The summed E-state index contributed by atoms with van der Waals surface area (Å²) >= 11 is 0.518. The first-order valence-electron chi connectivity index (χ1n) is 7.47. The molecular formula is C16H16F3N3OS.